The predicted octanol–water partition coefficient (Wildman–Crippen LogP) is 4.92. The van der Waals surface area contributed by atoms with Crippen molar-refractivity contribution in [3.8, 4) is 5.75 Å². The van der Waals surface area contributed by atoms with Gasteiger partial charge in [-0.25, -0.2) is 0 Å². The Hall–Kier alpha value is -3.04. The van der Waals surface area contributed by atoms with Crippen LogP contribution in [-0.2, 0) is 14.4 Å². The quantitative estimate of drug-likeness (QED) is 0.326. The van der Waals surface area contributed by atoms with E-state index in [2.05, 4.69) is 17.6 Å². The number of amides is 3. The molecular formula is C32H41N3O5S. The number of anilines is 2. The highest BCUT2D eigenvalue weighted by atomic mass is 32.2. The van der Waals surface area contributed by atoms with E-state index in [1.807, 2.05) is 63.2 Å². The molecule has 5 rings (SSSR count). The topological polar surface area (TPSA) is 108 Å². The van der Waals surface area contributed by atoms with E-state index in [1.54, 1.807) is 16.7 Å². The van der Waals surface area contributed by atoms with E-state index < -0.39 is 27.4 Å². The lowest BCUT2D eigenvalue weighted by Crippen LogP contribution is -2.52. The number of unbranched alkanes of at least 4 members (excludes halogenated alkanes) is 2. The van der Waals surface area contributed by atoms with Crippen LogP contribution in [0.15, 0.2) is 42.5 Å². The van der Waals surface area contributed by atoms with Crippen molar-refractivity contribution in [3.05, 3.63) is 53.6 Å². The van der Waals surface area contributed by atoms with Crippen LogP contribution in [0.2, 0.25) is 0 Å². The second-order valence-electron chi connectivity index (χ2n) is 11.7. The summed E-state index contributed by atoms with van der Waals surface area (Å²) in [5.74, 6) is -0.894. The van der Waals surface area contributed by atoms with E-state index in [0.29, 0.717) is 38.1 Å². The van der Waals surface area contributed by atoms with E-state index in [4.69, 9.17) is 4.74 Å². The zero-order valence-corrected chi connectivity index (χ0v) is 25.2. The fourth-order valence-corrected chi connectivity index (χ4v) is 9.52. The number of aliphatic hydroxyl groups is 1. The van der Waals surface area contributed by atoms with Crippen molar-refractivity contribution in [1.82, 2.24) is 4.90 Å². The van der Waals surface area contributed by atoms with Gasteiger partial charge >= 0.3 is 0 Å². The molecule has 2 aromatic rings. The number of fused-ring (bicyclic) bond motifs is 1. The van der Waals surface area contributed by atoms with Gasteiger partial charge in [0.15, 0.2) is 0 Å². The standard InChI is InChI=1S/C32H41N3O5S/c1-5-40-23-14-12-22(13-15-23)33-28(37)24-25-30(39)35(18-7-6-8-19-36)27(32(25)17-16-31(24,4)41-32)29(38)34-26-20(2)10-9-11-21(26)3/h9-15,24-25,27,36H,5-8,16-19H2,1-4H3,(H,33,37)(H,34,38)/t24-,25+,27?,31+,32?/m1/s1. The van der Waals surface area contributed by atoms with Crippen molar-refractivity contribution in [3.63, 3.8) is 0 Å². The van der Waals surface area contributed by atoms with E-state index in [9.17, 15) is 19.5 Å². The zero-order chi connectivity index (χ0) is 29.4. The molecule has 5 atom stereocenters. The summed E-state index contributed by atoms with van der Waals surface area (Å²) in [6, 6.07) is 12.5. The van der Waals surface area contributed by atoms with Crippen molar-refractivity contribution >= 4 is 40.9 Å². The first-order valence-corrected chi connectivity index (χ1v) is 15.5. The number of benzene rings is 2. The molecule has 3 heterocycles. The monoisotopic (exact) mass is 579 g/mol. The summed E-state index contributed by atoms with van der Waals surface area (Å²) in [5, 5.41) is 15.5. The van der Waals surface area contributed by atoms with Gasteiger partial charge in [-0.15, -0.1) is 11.8 Å². The van der Waals surface area contributed by atoms with Crippen molar-refractivity contribution in [2.75, 3.05) is 30.4 Å². The van der Waals surface area contributed by atoms with Crippen LogP contribution >= 0.6 is 11.8 Å². The molecule has 2 unspecified atom stereocenters. The number of aliphatic hydroxyl groups excluding tert-OH is 1. The highest BCUT2D eigenvalue weighted by Gasteiger charge is 2.77. The lowest BCUT2D eigenvalue weighted by molar-refractivity contribution is -0.139. The number of rotatable bonds is 11. The van der Waals surface area contributed by atoms with Gasteiger partial charge in [-0.05, 0) is 95.2 Å². The molecule has 3 aliphatic rings. The van der Waals surface area contributed by atoms with Crippen LogP contribution in [0.25, 0.3) is 0 Å². The second kappa shape index (κ2) is 11.7. The lowest BCUT2D eigenvalue weighted by atomic mass is 9.66. The van der Waals surface area contributed by atoms with Gasteiger partial charge in [0.2, 0.25) is 17.7 Å². The van der Waals surface area contributed by atoms with Crippen LogP contribution in [0.4, 0.5) is 11.4 Å². The van der Waals surface area contributed by atoms with Crippen molar-refractivity contribution in [2.45, 2.75) is 75.3 Å². The summed E-state index contributed by atoms with van der Waals surface area (Å²) in [4.78, 5) is 44.1. The number of nitrogens with one attached hydrogen (secondary N) is 2. The Kier molecular flexibility index (Phi) is 8.39. The molecule has 0 aliphatic carbocycles. The number of likely N-dealkylation sites (tertiary alicyclic amines) is 1. The maximum absolute atomic E-state index is 14.2. The maximum Gasteiger partial charge on any atom is 0.248 e. The number of ether oxygens (including phenoxy) is 1. The number of aryl methyl sites for hydroxylation is 2. The van der Waals surface area contributed by atoms with Gasteiger partial charge in [0.25, 0.3) is 0 Å². The van der Waals surface area contributed by atoms with Crippen molar-refractivity contribution < 1.29 is 24.2 Å². The number of carbonyl (C=O) groups is 3. The molecule has 3 saturated heterocycles. The van der Waals surface area contributed by atoms with Crippen LogP contribution in [-0.4, -0.2) is 63.0 Å². The summed E-state index contributed by atoms with van der Waals surface area (Å²) in [6.07, 6.45) is 3.56. The molecular weight excluding hydrogens is 538 g/mol. The van der Waals surface area contributed by atoms with Crippen LogP contribution in [0.1, 0.15) is 57.1 Å². The molecule has 0 aromatic heterocycles. The number of hydrogen-bond donors (Lipinski definition) is 3. The first kappa shape index (κ1) is 29.5. The average Bonchev–Trinajstić information content (AvgIpc) is 3.50. The number of nitrogens with zero attached hydrogens (tertiary/aromatic N) is 1. The normalized spacial score (nSPS) is 28.1. The average molecular weight is 580 g/mol. The molecule has 8 nitrogen and oxygen atoms in total. The zero-order valence-electron chi connectivity index (χ0n) is 24.4. The highest BCUT2D eigenvalue weighted by Crippen LogP contribution is 2.71. The smallest absolute Gasteiger partial charge is 0.248 e. The van der Waals surface area contributed by atoms with Gasteiger partial charge in [-0.3, -0.25) is 14.4 Å². The Morgan fingerprint density at radius 3 is 2.39 bits per heavy atom. The molecule has 3 N–H and O–H groups in total. The fraction of sp³-hybridized carbons (Fsp3) is 0.531. The van der Waals surface area contributed by atoms with Gasteiger partial charge in [0.1, 0.15) is 11.8 Å². The van der Waals surface area contributed by atoms with Crippen molar-refractivity contribution in [2.24, 2.45) is 11.8 Å². The molecule has 0 radical (unpaired) electrons. The van der Waals surface area contributed by atoms with Gasteiger partial charge in [0, 0.05) is 29.3 Å². The molecule has 2 aromatic carbocycles. The molecule has 1 spiro atoms. The van der Waals surface area contributed by atoms with Gasteiger partial charge < -0.3 is 25.4 Å². The third kappa shape index (κ3) is 5.23. The first-order chi connectivity index (χ1) is 19.6. The molecule has 0 saturated carbocycles. The van der Waals surface area contributed by atoms with E-state index in [-0.39, 0.29) is 24.3 Å². The molecule has 3 aliphatic heterocycles. The molecule has 3 fully saturated rings. The summed E-state index contributed by atoms with van der Waals surface area (Å²) in [7, 11) is 0. The highest BCUT2D eigenvalue weighted by molar-refractivity contribution is 8.02. The minimum absolute atomic E-state index is 0.0962. The summed E-state index contributed by atoms with van der Waals surface area (Å²) < 4.78 is 4.40. The Balaban J connectivity index is 1.45. The van der Waals surface area contributed by atoms with Gasteiger partial charge in [-0.1, -0.05) is 18.2 Å². The Morgan fingerprint density at radius 1 is 1.02 bits per heavy atom. The SMILES string of the molecule is CCOc1ccc(NC(=O)[C@H]2[C@H]3C(=O)N(CCCCCO)C(C(=O)Nc4c(C)cccc4C)C34CC[C@]2(C)S4)cc1. The molecule has 2 bridgehead atoms. The summed E-state index contributed by atoms with van der Waals surface area (Å²) in [5.41, 5.74) is 3.36. The lowest BCUT2D eigenvalue weighted by Gasteiger charge is -2.35. The fourth-order valence-electron chi connectivity index (χ4n) is 7.16. The van der Waals surface area contributed by atoms with Crippen LogP contribution < -0.4 is 15.4 Å². The van der Waals surface area contributed by atoms with Crippen LogP contribution in [0.3, 0.4) is 0 Å². The Labute approximate surface area is 246 Å². The Morgan fingerprint density at radius 2 is 1.73 bits per heavy atom. The van der Waals surface area contributed by atoms with E-state index in [1.165, 1.54) is 0 Å². The van der Waals surface area contributed by atoms with Crippen LogP contribution in [0.5, 0.6) is 5.75 Å². The number of para-hydroxylation sites is 1. The van der Waals surface area contributed by atoms with Gasteiger partial charge in [0.05, 0.1) is 23.2 Å². The molecule has 9 heteroatoms. The van der Waals surface area contributed by atoms with E-state index in [0.717, 1.165) is 35.4 Å². The number of hydrogen-bond acceptors (Lipinski definition) is 6. The summed E-state index contributed by atoms with van der Waals surface area (Å²) >= 11 is 1.67. The van der Waals surface area contributed by atoms with Crippen molar-refractivity contribution in [1.29, 1.82) is 0 Å². The second-order valence-corrected chi connectivity index (χ2v) is 13.6. The van der Waals surface area contributed by atoms with E-state index >= 15 is 0 Å². The molecule has 41 heavy (non-hydrogen) atoms. The molecule has 3 amide bonds. The molecule has 220 valence electrons. The summed E-state index contributed by atoms with van der Waals surface area (Å²) in [6.45, 7) is 9.01. The predicted molar refractivity (Wildman–Crippen MR) is 162 cm³/mol. The maximum atomic E-state index is 14.2. The third-order valence-corrected chi connectivity index (χ3v) is 11.0. The number of thioether (sulfide) groups is 1. The minimum atomic E-state index is -0.678. The third-order valence-electron chi connectivity index (χ3n) is 9.03. The van der Waals surface area contributed by atoms with Gasteiger partial charge in [-0.2, -0.15) is 0 Å². The van der Waals surface area contributed by atoms with Crippen LogP contribution in [0, 0.1) is 25.7 Å². The first-order valence-electron chi connectivity index (χ1n) is 14.7. The minimum Gasteiger partial charge on any atom is -0.494 e. The largest absolute Gasteiger partial charge is 0.494 e. The Bertz CT molecular complexity index is 1300. The number of carbonyl (C=O) groups excluding carboxylic acids is 3.